The molecule has 0 amide bonds. The average molecular weight is 408 g/mol. The third-order valence-electron chi connectivity index (χ3n) is 3.94. The highest BCUT2D eigenvalue weighted by atomic mass is 35.5. The third-order valence-corrected chi connectivity index (χ3v) is 4.25. The van der Waals surface area contributed by atoms with E-state index in [0.29, 0.717) is 17.8 Å². The smallest absolute Gasteiger partial charge is 0.138 e. The van der Waals surface area contributed by atoms with Gasteiger partial charge >= 0.3 is 0 Å². The zero-order valence-electron chi connectivity index (χ0n) is 15.4. The second-order valence-electron chi connectivity index (χ2n) is 7.22. The van der Waals surface area contributed by atoms with Gasteiger partial charge in [-0.1, -0.05) is 56.7 Å². The molecule has 0 radical (unpaired) electrons. The van der Waals surface area contributed by atoms with Gasteiger partial charge in [0.25, 0.3) is 0 Å². The minimum atomic E-state index is 0. The summed E-state index contributed by atoms with van der Waals surface area (Å²) in [7, 11) is 2.15. The van der Waals surface area contributed by atoms with Crippen LogP contribution in [0.5, 0.6) is 5.75 Å². The second kappa shape index (κ2) is 11.1. The Bertz CT molecular complexity index is 583. The number of allylic oxidation sites excluding steroid dienone is 3. The predicted molar refractivity (Wildman–Crippen MR) is 113 cm³/mol. The van der Waals surface area contributed by atoms with E-state index >= 15 is 0 Å². The first-order chi connectivity index (χ1) is 10.8. The van der Waals surface area contributed by atoms with Crippen molar-refractivity contribution in [2.45, 2.75) is 39.7 Å². The van der Waals surface area contributed by atoms with E-state index in [0.717, 1.165) is 17.9 Å². The van der Waals surface area contributed by atoms with Crippen LogP contribution in [0.4, 0.5) is 0 Å². The summed E-state index contributed by atoms with van der Waals surface area (Å²) in [6, 6.07) is 2.45. The van der Waals surface area contributed by atoms with E-state index in [9.17, 15) is 0 Å². The summed E-state index contributed by atoms with van der Waals surface area (Å²) in [6.07, 6.45) is 12.3. The Hall–Kier alpha value is -0.740. The van der Waals surface area contributed by atoms with Crippen molar-refractivity contribution in [1.82, 2.24) is 9.88 Å². The predicted octanol–water partition coefficient (Wildman–Crippen LogP) is 5.67. The summed E-state index contributed by atoms with van der Waals surface area (Å²) in [4.78, 5) is 6.57. The van der Waals surface area contributed by atoms with Crippen molar-refractivity contribution in [3.05, 3.63) is 41.2 Å². The van der Waals surface area contributed by atoms with Gasteiger partial charge in [0.2, 0.25) is 0 Å². The monoisotopic (exact) mass is 406 g/mol. The Balaban J connectivity index is 0.00000288. The summed E-state index contributed by atoms with van der Waals surface area (Å²) in [5, 5.41) is 0.496. The Morgan fingerprint density at radius 3 is 2.64 bits per heavy atom. The fraction of sp³-hybridized carbons (Fsp3) is 0.526. The van der Waals surface area contributed by atoms with Gasteiger partial charge in [-0.25, -0.2) is 4.98 Å². The Morgan fingerprint density at radius 1 is 1.32 bits per heavy atom. The molecule has 0 bridgehead atoms. The Morgan fingerprint density at radius 2 is 2.04 bits per heavy atom. The van der Waals surface area contributed by atoms with Gasteiger partial charge in [-0.15, -0.1) is 24.8 Å². The molecule has 1 saturated heterocycles. The largest absolute Gasteiger partial charge is 0.490 e. The first-order valence-electron chi connectivity index (χ1n) is 8.20. The standard InChI is InChI=1S/C19H27ClN2O.2ClH/c1-19(2,3)10-6-5-8-15-12-17(13-21-18(15)20)23-14-16-9-7-11-22(16)4;;/h5-6,8,10,12-13,16H,7,9,11,14H2,1-4H3;2*1H/b8-5+,10-6+;;/t16-;;/m0../s1. The summed E-state index contributed by atoms with van der Waals surface area (Å²) in [5.74, 6) is 0.772. The number of aromatic nitrogens is 1. The van der Waals surface area contributed by atoms with Crippen molar-refractivity contribution < 1.29 is 4.74 Å². The molecule has 1 atom stereocenters. The van der Waals surface area contributed by atoms with Gasteiger partial charge < -0.3 is 9.64 Å². The van der Waals surface area contributed by atoms with Gasteiger partial charge in [-0.05, 0) is 37.9 Å². The summed E-state index contributed by atoms with van der Waals surface area (Å²) in [6.45, 7) is 8.36. The molecule has 142 valence electrons. The van der Waals surface area contributed by atoms with Crippen LogP contribution in [0.2, 0.25) is 5.15 Å². The van der Waals surface area contributed by atoms with Crippen LogP contribution in [0.1, 0.15) is 39.2 Å². The van der Waals surface area contributed by atoms with Crippen molar-refractivity contribution in [2.75, 3.05) is 20.2 Å². The maximum absolute atomic E-state index is 6.17. The molecule has 0 aliphatic carbocycles. The van der Waals surface area contributed by atoms with Crippen molar-refractivity contribution in [1.29, 1.82) is 0 Å². The van der Waals surface area contributed by atoms with Crippen LogP contribution >= 0.6 is 36.4 Å². The number of likely N-dealkylation sites (N-methyl/N-ethyl adjacent to an activating group) is 1. The van der Waals surface area contributed by atoms with Gasteiger partial charge in [0, 0.05) is 11.6 Å². The second-order valence-corrected chi connectivity index (χ2v) is 7.58. The molecule has 1 aromatic heterocycles. The molecule has 2 heterocycles. The molecule has 0 spiro atoms. The van der Waals surface area contributed by atoms with E-state index < -0.39 is 0 Å². The highest BCUT2D eigenvalue weighted by molar-refractivity contribution is 6.30. The molecule has 2 rings (SSSR count). The molecule has 0 unspecified atom stereocenters. The van der Waals surface area contributed by atoms with Gasteiger partial charge in [-0.3, -0.25) is 0 Å². The number of pyridine rings is 1. The van der Waals surface area contributed by atoms with Crippen LogP contribution in [0.25, 0.3) is 6.08 Å². The van der Waals surface area contributed by atoms with Crippen LogP contribution in [0.15, 0.2) is 30.5 Å². The minimum absolute atomic E-state index is 0. The number of hydrogen-bond acceptors (Lipinski definition) is 3. The van der Waals surface area contributed by atoms with E-state index in [-0.39, 0.29) is 30.2 Å². The van der Waals surface area contributed by atoms with Crippen molar-refractivity contribution in [3.63, 3.8) is 0 Å². The molecule has 6 heteroatoms. The molecule has 25 heavy (non-hydrogen) atoms. The van der Waals surface area contributed by atoms with Crippen LogP contribution in [0, 0.1) is 5.41 Å². The summed E-state index contributed by atoms with van der Waals surface area (Å²) >= 11 is 6.17. The lowest BCUT2D eigenvalue weighted by molar-refractivity contribution is 0.198. The quantitative estimate of drug-likeness (QED) is 0.464. The van der Waals surface area contributed by atoms with Crippen molar-refractivity contribution in [3.8, 4) is 5.75 Å². The lowest BCUT2D eigenvalue weighted by Gasteiger charge is -2.19. The van der Waals surface area contributed by atoms with Crippen LogP contribution < -0.4 is 4.74 Å². The van der Waals surface area contributed by atoms with Crippen LogP contribution in [0.3, 0.4) is 0 Å². The number of nitrogens with zero attached hydrogens (tertiary/aromatic N) is 2. The lowest BCUT2D eigenvalue weighted by Crippen LogP contribution is -2.30. The topological polar surface area (TPSA) is 25.4 Å². The fourth-order valence-corrected chi connectivity index (χ4v) is 2.69. The SMILES string of the molecule is CN1CCC[C@H]1COc1cnc(Cl)c(/C=C/C=C/C(C)(C)C)c1.Cl.Cl. The average Bonchev–Trinajstić information content (AvgIpc) is 2.88. The number of likely N-dealkylation sites (tertiary alicyclic amines) is 1. The summed E-state index contributed by atoms with van der Waals surface area (Å²) < 4.78 is 5.90. The van der Waals surface area contributed by atoms with E-state index in [1.165, 1.54) is 12.8 Å². The van der Waals surface area contributed by atoms with Crippen LogP contribution in [-0.2, 0) is 0 Å². The molecule has 0 N–H and O–H groups in total. The van der Waals surface area contributed by atoms with E-state index in [1.54, 1.807) is 6.20 Å². The maximum atomic E-state index is 6.17. The fourth-order valence-electron chi connectivity index (χ4n) is 2.53. The van der Waals surface area contributed by atoms with E-state index in [4.69, 9.17) is 16.3 Å². The van der Waals surface area contributed by atoms with Crippen LogP contribution in [-0.4, -0.2) is 36.1 Å². The molecule has 0 aromatic carbocycles. The maximum Gasteiger partial charge on any atom is 0.138 e. The van der Waals surface area contributed by atoms with Crippen molar-refractivity contribution >= 4 is 42.5 Å². The van der Waals surface area contributed by atoms with E-state index in [2.05, 4.69) is 43.8 Å². The van der Waals surface area contributed by atoms with E-state index in [1.807, 2.05) is 24.3 Å². The number of hydrogen-bond donors (Lipinski definition) is 0. The highest BCUT2D eigenvalue weighted by Gasteiger charge is 2.21. The zero-order valence-corrected chi connectivity index (χ0v) is 17.8. The molecule has 3 nitrogen and oxygen atoms in total. The molecule has 1 aliphatic rings. The highest BCUT2D eigenvalue weighted by Crippen LogP contribution is 2.22. The number of rotatable bonds is 5. The lowest BCUT2D eigenvalue weighted by atomic mass is 9.96. The third kappa shape index (κ3) is 8.46. The first-order valence-corrected chi connectivity index (χ1v) is 8.57. The molecule has 1 aromatic rings. The molecule has 1 aliphatic heterocycles. The minimum Gasteiger partial charge on any atom is -0.490 e. The molecular weight excluding hydrogens is 379 g/mol. The molecule has 0 saturated carbocycles. The van der Waals surface area contributed by atoms with Gasteiger partial charge in [0.15, 0.2) is 0 Å². The zero-order chi connectivity index (χ0) is 16.9. The molecular formula is C19H29Cl3N2O. The Kier molecular flexibility index (Phi) is 10.7. The number of ether oxygens (including phenoxy) is 1. The van der Waals surface area contributed by atoms with Crippen molar-refractivity contribution in [2.24, 2.45) is 5.41 Å². The first kappa shape index (κ1) is 24.3. The van der Waals surface area contributed by atoms with Gasteiger partial charge in [0.05, 0.1) is 6.20 Å². The van der Waals surface area contributed by atoms with Gasteiger partial charge in [0.1, 0.15) is 17.5 Å². The number of halogens is 3. The Labute approximate surface area is 169 Å². The molecule has 1 fully saturated rings. The van der Waals surface area contributed by atoms with Gasteiger partial charge in [-0.2, -0.15) is 0 Å². The normalized spacial score (nSPS) is 18.4. The summed E-state index contributed by atoms with van der Waals surface area (Å²) in [5.41, 5.74) is 1.05.